The third-order valence-electron chi connectivity index (χ3n) is 5.85. The van der Waals surface area contributed by atoms with Gasteiger partial charge in [0.2, 0.25) is 10.0 Å². The number of sulfonamides is 1. The molecule has 3 aromatic rings. The Morgan fingerprint density at radius 3 is 2.06 bits per heavy atom. The fourth-order valence-electron chi connectivity index (χ4n) is 4.01. The molecule has 1 atom stereocenters. The fraction of sp³-hybridized carbons (Fsp3) is 0.280. The van der Waals surface area contributed by atoms with E-state index in [1.807, 2.05) is 35.2 Å². The van der Waals surface area contributed by atoms with Crippen molar-refractivity contribution in [3.8, 4) is 0 Å². The number of benzene rings is 3. The molecule has 35 heavy (non-hydrogen) atoms. The Balaban J connectivity index is 1.36. The van der Waals surface area contributed by atoms with Crippen LogP contribution >= 0.6 is 0 Å². The van der Waals surface area contributed by atoms with Crippen LogP contribution in [0.25, 0.3) is 0 Å². The molecule has 10 heteroatoms. The van der Waals surface area contributed by atoms with Crippen molar-refractivity contribution in [3.05, 3.63) is 101 Å². The van der Waals surface area contributed by atoms with Gasteiger partial charge in [-0.05, 0) is 35.4 Å². The molecule has 5 nitrogen and oxygen atoms in total. The van der Waals surface area contributed by atoms with E-state index in [1.54, 1.807) is 0 Å². The van der Waals surface area contributed by atoms with E-state index >= 15 is 0 Å². The second kappa shape index (κ2) is 10.9. The average molecular weight is 509 g/mol. The summed E-state index contributed by atoms with van der Waals surface area (Å²) in [6, 6.07) is 15.1. The average Bonchev–Trinajstić information content (AvgIpc) is 2.84. The summed E-state index contributed by atoms with van der Waals surface area (Å²) in [6.45, 7) is 1.87. The molecule has 0 aliphatic carbocycles. The van der Waals surface area contributed by atoms with Crippen LogP contribution in [0.5, 0.6) is 0 Å². The topological polar surface area (TPSA) is 49.9 Å². The Hall–Kier alpha value is -2.79. The van der Waals surface area contributed by atoms with Gasteiger partial charge in [0.1, 0.15) is 17.7 Å². The summed E-state index contributed by atoms with van der Waals surface area (Å²) < 4.78 is 87.0. The van der Waals surface area contributed by atoms with E-state index in [0.717, 1.165) is 29.8 Å². The van der Waals surface area contributed by atoms with Crippen LogP contribution in [-0.4, -0.2) is 57.0 Å². The Morgan fingerprint density at radius 1 is 0.771 bits per heavy atom. The maximum atomic E-state index is 13.8. The zero-order chi connectivity index (χ0) is 25.0. The van der Waals surface area contributed by atoms with Gasteiger partial charge in [-0.25, -0.2) is 26.0 Å². The molecule has 0 bridgehead atoms. The third-order valence-corrected chi connectivity index (χ3v) is 7.72. The highest BCUT2D eigenvalue weighted by Gasteiger charge is 2.29. The molecule has 186 valence electrons. The highest BCUT2D eigenvalue weighted by molar-refractivity contribution is 7.89. The van der Waals surface area contributed by atoms with E-state index in [2.05, 4.69) is 0 Å². The van der Waals surface area contributed by atoms with Gasteiger partial charge < -0.3 is 4.74 Å². The minimum absolute atomic E-state index is 0.158. The van der Waals surface area contributed by atoms with Crippen LogP contribution in [0.1, 0.15) is 17.2 Å². The zero-order valence-electron chi connectivity index (χ0n) is 18.7. The van der Waals surface area contributed by atoms with E-state index in [9.17, 15) is 26.0 Å². The first kappa shape index (κ1) is 25.3. The monoisotopic (exact) mass is 508 g/mol. The van der Waals surface area contributed by atoms with Crippen LogP contribution in [0.2, 0.25) is 0 Å². The lowest BCUT2D eigenvalue weighted by atomic mass is 10.0. The van der Waals surface area contributed by atoms with Crippen LogP contribution in [0, 0.1) is 23.3 Å². The molecule has 1 aliphatic heterocycles. The van der Waals surface area contributed by atoms with Gasteiger partial charge in [-0.15, -0.1) is 0 Å². The van der Waals surface area contributed by atoms with Crippen molar-refractivity contribution >= 4 is 10.0 Å². The number of piperazine rings is 1. The summed E-state index contributed by atoms with van der Waals surface area (Å²) in [4.78, 5) is 1.59. The summed E-state index contributed by atoms with van der Waals surface area (Å²) in [5.41, 5.74) is 1.27. The molecule has 0 saturated carbocycles. The first-order valence-corrected chi connectivity index (χ1v) is 12.5. The number of hydrogen-bond donors (Lipinski definition) is 0. The molecule has 4 rings (SSSR count). The predicted octanol–water partition coefficient (Wildman–Crippen LogP) is 4.36. The third kappa shape index (κ3) is 6.07. The fourth-order valence-corrected chi connectivity index (χ4v) is 5.47. The van der Waals surface area contributed by atoms with Crippen molar-refractivity contribution < 1.29 is 30.7 Å². The molecule has 1 aliphatic rings. The van der Waals surface area contributed by atoms with Gasteiger partial charge in [0, 0.05) is 38.8 Å². The standard InChI is InChI=1S/C25H24F4N2O3S/c26-20-15-21(27)17-22(16-20)35(32,33)31-10-8-30(9-11-31)12-13-34-25(18-4-2-1-3-5-18)19-6-7-23(28)24(29)14-19/h1-7,14-17,25H,8-13H2. The molecule has 0 spiro atoms. The summed E-state index contributed by atoms with van der Waals surface area (Å²) in [5, 5.41) is 0. The Morgan fingerprint density at radius 2 is 1.43 bits per heavy atom. The quantitative estimate of drug-likeness (QED) is 0.425. The highest BCUT2D eigenvalue weighted by Crippen LogP contribution is 2.27. The minimum atomic E-state index is -4.01. The number of rotatable bonds is 8. The van der Waals surface area contributed by atoms with Crippen molar-refractivity contribution in [2.75, 3.05) is 39.3 Å². The van der Waals surface area contributed by atoms with Crippen LogP contribution < -0.4 is 0 Å². The summed E-state index contributed by atoms with van der Waals surface area (Å²) in [5.74, 6) is -3.79. The lowest BCUT2D eigenvalue weighted by Gasteiger charge is -2.34. The number of nitrogens with zero attached hydrogens (tertiary/aromatic N) is 2. The lowest BCUT2D eigenvalue weighted by molar-refractivity contribution is 0.0525. The molecular formula is C25H24F4N2O3S. The summed E-state index contributed by atoms with van der Waals surface area (Å²) in [6.07, 6.45) is -0.601. The van der Waals surface area contributed by atoms with Crippen molar-refractivity contribution in [2.45, 2.75) is 11.0 Å². The molecule has 1 unspecified atom stereocenters. The minimum Gasteiger partial charge on any atom is -0.367 e. The second-order valence-electron chi connectivity index (χ2n) is 8.19. The van der Waals surface area contributed by atoms with Gasteiger partial charge in [0.15, 0.2) is 11.6 Å². The van der Waals surface area contributed by atoms with E-state index in [1.165, 1.54) is 10.4 Å². The predicted molar refractivity (Wildman–Crippen MR) is 122 cm³/mol. The highest BCUT2D eigenvalue weighted by atomic mass is 32.2. The smallest absolute Gasteiger partial charge is 0.243 e. The van der Waals surface area contributed by atoms with Crippen LogP contribution in [0.15, 0.2) is 71.6 Å². The largest absolute Gasteiger partial charge is 0.367 e. The molecule has 1 saturated heterocycles. The zero-order valence-corrected chi connectivity index (χ0v) is 19.5. The molecule has 1 heterocycles. The number of ether oxygens (including phenoxy) is 1. The van der Waals surface area contributed by atoms with Gasteiger partial charge in [0.25, 0.3) is 0 Å². The first-order valence-electron chi connectivity index (χ1n) is 11.0. The van der Waals surface area contributed by atoms with Gasteiger partial charge in [0.05, 0.1) is 11.5 Å². The maximum Gasteiger partial charge on any atom is 0.243 e. The molecular weight excluding hydrogens is 484 g/mol. The molecule has 0 radical (unpaired) electrons. The van der Waals surface area contributed by atoms with Gasteiger partial charge >= 0.3 is 0 Å². The Bertz CT molecular complexity index is 1250. The van der Waals surface area contributed by atoms with Gasteiger partial charge in [-0.3, -0.25) is 4.90 Å². The summed E-state index contributed by atoms with van der Waals surface area (Å²) in [7, 11) is -4.01. The first-order chi connectivity index (χ1) is 16.7. The SMILES string of the molecule is O=S(=O)(c1cc(F)cc(F)c1)N1CCN(CCOC(c2ccccc2)c2ccc(F)c(F)c2)CC1. The lowest BCUT2D eigenvalue weighted by Crippen LogP contribution is -2.49. The van der Waals surface area contributed by atoms with E-state index in [-0.39, 0.29) is 19.7 Å². The molecule has 3 aromatic carbocycles. The van der Waals surface area contributed by atoms with Crippen LogP contribution in [0.3, 0.4) is 0 Å². The number of halogens is 4. The van der Waals surface area contributed by atoms with E-state index in [0.29, 0.717) is 31.3 Å². The van der Waals surface area contributed by atoms with E-state index in [4.69, 9.17) is 4.74 Å². The molecule has 0 N–H and O–H groups in total. The maximum absolute atomic E-state index is 13.8. The van der Waals surface area contributed by atoms with Gasteiger partial charge in [-0.1, -0.05) is 36.4 Å². The molecule has 1 fully saturated rings. The van der Waals surface area contributed by atoms with Crippen molar-refractivity contribution in [3.63, 3.8) is 0 Å². The van der Waals surface area contributed by atoms with E-state index < -0.39 is 44.3 Å². The van der Waals surface area contributed by atoms with Crippen molar-refractivity contribution in [2.24, 2.45) is 0 Å². The van der Waals surface area contributed by atoms with Crippen molar-refractivity contribution in [1.29, 1.82) is 0 Å². The summed E-state index contributed by atoms with van der Waals surface area (Å²) >= 11 is 0. The van der Waals surface area contributed by atoms with Crippen LogP contribution in [0.4, 0.5) is 17.6 Å². The normalized spacial score (nSPS) is 16.3. The molecule has 0 amide bonds. The van der Waals surface area contributed by atoms with Crippen LogP contribution in [-0.2, 0) is 14.8 Å². The van der Waals surface area contributed by atoms with Crippen molar-refractivity contribution in [1.82, 2.24) is 9.21 Å². The second-order valence-corrected chi connectivity index (χ2v) is 10.1. The van der Waals surface area contributed by atoms with Gasteiger partial charge in [-0.2, -0.15) is 4.31 Å². The molecule has 0 aromatic heterocycles. The Kier molecular flexibility index (Phi) is 7.85. The Labute approximate surface area is 201 Å². The number of hydrogen-bond acceptors (Lipinski definition) is 4.